The number of hydrogen-bond acceptors (Lipinski definition) is 5. The summed E-state index contributed by atoms with van der Waals surface area (Å²) in [6.07, 6.45) is 7.98. The van der Waals surface area contributed by atoms with Crippen molar-refractivity contribution in [3.8, 4) is 0 Å². The maximum absolute atomic E-state index is 12.8. The average Bonchev–Trinajstić information content (AvgIpc) is 3.53. The van der Waals surface area contributed by atoms with Crippen LogP contribution < -0.4 is 0 Å². The van der Waals surface area contributed by atoms with Crippen LogP contribution in [0.15, 0.2) is 18.5 Å². The molecule has 1 saturated carbocycles. The molecule has 0 radical (unpaired) electrons. The van der Waals surface area contributed by atoms with Crippen molar-refractivity contribution in [3.05, 3.63) is 24.3 Å². The van der Waals surface area contributed by atoms with Crippen molar-refractivity contribution in [1.82, 2.24) is 19.8 Å². The Kier molecular flexibility index (Phi) is 4.97. The maximum atomic E-state index is 12.8. The molecule has 0 N–H and O–H groups in total. The maximum Gasteiger partial charge on any atom is 0.225 e. The standard InChI is InChI=1S/C20H30N4O2/c1-15(17-4-5-17)19(25)24-12-13-26-20(14-24)6-10-23(11-7-20)16(2)18-21-8-3-9-22-18/h3,8-9,15-17H,4-7,10-14H2,1-2H3. The summed E-state index contributed by atoms with van der Waals surface area (Å²) < 4.78 is 6.22. The van der Waals surface area contributed by atoms with E-state index >= 15 is 0 Å². The van der Waals surface area contributed by atoms with E-state index in [0.29, 0.717) is 18.4 Å². The molecule has 6 heteroatoms. The summed E-state index contributed by atoms with van der Waals surface area (Å²) in [4.78, 5) is 26.1. The van der Waals surface area contributed by atoms with Crippen LogP contribution in [0.5, 0.6) is 0 Å². The van der Waals surface area contributed by atoms with Crippen LogP contribution in [0.1, 0.15) is 51.4 Å². The number of hydrogen-bond donors (Lipinski definition) is 0. The lowest BCUT2D eigenvalue weighted by atomic mass is 9.88. The summed E-state index contributed by atoms with van der Waals surface area (Å²) in [6.45, 7) is 8.36. The van der Waals surface area contributed by atoms with Crippen LogP contribution >= 0.6 is 0 Å². The molecule has 2 atom stereocenters. The molecule has 1 amide bonds. The van der Waals surface area contributed by atoms with Crippen LogP contribution in [-0.2, 0) is 9.53 Å². The second-order valence-electron chi connectivity index (χ2n) is 8.24. The Morgan fingerprint density at radius 3 is 2.54 bits per heavy atom. The molecule has 1 aliphatic carbocycles. The number of ether oxygens (including phenoxy) is 1. The van der Waals surface area contributed by atoms with Gasteiger partial charge >= 0.3 is 0 Å². The summed E-state index contributed by atoms with van der Waals surface area (Å²) >= 11 is 0. The molecule has 26 heavy (non-hydrogen) atoms. The van der Waals surface area contributed by atoms with Crippen LogP contribution in [0.2, 0.25) is 0 Å². The van der Waals surface area contributed by atoms with Crippen LogP contribution in [0.4, 0.5) is 0 Å². The number of piperidine rings is 1. The predicted octanol–water partition coefficient (Wildman–Crippen LogP) is 2.28. The van der Waals surface area contributed by atoms with Crippen molar-refractivity contribution in [1.29, 1.82) is 0 Å². The summed E-state index contributed by atoms with van der Waals surface area (Å²) in [6, 6.07) is 2.07. The Morgan fingerprint density at radius 2 is 1.88 bits per heavy atom. The number of amides is 1. The van der Waals surface area contributed by atoms with Crippen molar-refractivity contribution in [3.63, 3.8) is 0 Å². The molecule has 3 aliphatic rings. The van der Waals surface area contributed by atoms with Gasteiger partial charge in [-0.05, 0) is 44.6 Å². The van der Waals surface area contributed by atoms with Crippen molar-refractivity contribution < 1.29 is 9.53 Å². The Morgan fingerprint density at radius 1 is 1.19 bits per heavy atom. The molecule has 1 spiro atoms. The largest absolute Gasteiger partial charge is 0.371 e. The van der Waals surface area contributed by atoms with E-state index in [4.69, 9.17) is 4.74 Å². The van der Waals surface area contributed by atoms with Gasteiger partial charge in [0.1, 0.15) is 5.82 Å². The van der Waals surface area contributed by atoms with Gasteiger partial charge in [0.05, 0.1) is 18.2 Å². The van der Waals surface area contributed by atoms with E-state index in [9.17, 15) is 4.79 Å². The second-order valence-corrected chi connectivity index (χ2v) is 8.24. The minimum absolute atomic E-state index is 0.162. The smallest absolute Gasteiger partial charge is 0.225 e. The number of morpholine rings is 1. The molecule has 2 saturated heterocycles. The molecule has 0 aromatic carbocycles. The van der Waals surface area contributed by atoms with E-state index < -0.39 is 0 Å². The predicted molar refractivity (Wildman–Crippen MR) is 98.4 cm³/mol. The van der Waals surface area contributed by atoms with Crippen molar-refractivity contribution in [2.24, 2.45) is 11.8 Å². The highest BCUT2D eigenvalue weighted by Crippen LogP contribution is 2.39. The lowest BCUT2D eigenvalue weighted by Crippen LogP contribution is -2.58. The van der Waals surface area contributed by atoms with E-state index in [1.165, 1.54) is 12.8 Å². The fourth-order valence-corrected chi connectivity index (χ4v) is 4.43. The second kappa shape index (κ2) is 7.24. The monoisotopic (exact) mass is 358 g/mol. The summed E-state index contributed by atoms with van der Waals surface area (Å²) in [5.41, 5.74) is -0.162. The van der Waals surface area contributed by atoms with Crippen molar-refractivity contribution >= 4 is 5.91 Å². The first-order valence-corrected chi connectivity index (χ1v) is 10.0. The number of rotatable bonds is 4. The van der Waals surface area contributed by atoms with Gasteiger partial charge in [-0.25, -0.2) is 9.97 Å². The first kappa shape index (κ1) is 17.9. The SMILES string of the molecule is CC(C(=O)N1CCOC2(CCN(C(C)c3ncccn3)CC2)C1)C1CC1. The Labute approximate surface area is 155 Å². The molecule has 0 bridgehead atoms. The Balaban J connectivity index is 1.36. The summed E-state index contributed by atoms with van der Waals surface area (Å²) in [7, 11) is 0. The van der Waals surface area contributed by atoms with Gasteiger partial charge in [-0.2, -0.15) is 0 Å². The Hall–Kier alpha value is -1.53. The van der Waals surface area contributed by atoms with Gasteiger partial charge in [0.2, 0.25) is 5.91 Å². The van der Waals surface area contributed by atoms with Gasteiger partial charge in [0.25, 0.3) is 0 Å². The molecular formula is C20H30N4O2. The quantitative estimate of drug-likeness (QED) is 0.826. The third-order valence-electron chi connectivity index (χ3n) is 6.50. The van der Waals surface area contributed by atoms with E-state index in [1.807, 2.05) is 6.07 Å². The third-order valence-corrected chi connectivity index (χ3v) is 6.50. The fraction of sp³-hybridized carbons (Fsp3) is 0.750. The van der Waals surface area contributed by atoms with E-state index in [1.54, 1.807) is 12.4 Å². The van der Waals surface area contributed by atoms with Crippen molar-refractivity contribution in [2.45, 2.75) is 51.2 Å². The van der Waals surface area contributed by atoms with Crippen molar-refractivity contribution in [2.75, 3.05) is 32.8 Å². The highest BCUT2D eigenvalue weighted by Gasteiger charge is 2.44. The van der Waals surface area contributed by atoms with E-state index in [2.05, 4.69) is 33.6 Å². The fourth-order valence-electron chi connectivity index (χ4n) is 4.43. The molecule has 1 aromatic heterocycles. The highest BCUT2D eigenvalue weighted by molar-refractivity contribution is 5.79. The van der Waals surface area contributed by atoms with Crippen LogP contribution in [-0.4, -0.2) is 64.1 Å². The molecule has 6 nitrogen and oxygen atoms in total. The van der Waals surface area contributed by atoms with Gasteiger partial charge in [-0.15, -0.1) is 0 Å². The Bertz CT molecular complexity index is 626. The first-order chi connectivity index (χ1) is 12.6. The van der Waals surface area contributed by atoms with Gasteiger partial charge in [0.15, 0.2) is 0 Å². The number of carbonyl (C=O) groups is 1. The minimum atomic E-state index is -0.162. The zero-order chi connectivity index (χ0) is 18.1. The molecule has 3 heterocycles. The van der Waals surface area contributed by atoms with Gasteiger partial charge in [0, 0.05) is 44.5 Å². The third kappa shape index (κ3) is 3.62. The topological polar surface area (TPSA) is 58.6 Å². The minimum Gasteiger partial charge on any atom is -0.371 e. The van der Waals surface area contributed by atoms with Crippen LogP contribution in [0, 0.1) is 11.8 Å². The number of likely N-dealkylation sites (tertiary alicyclic amines) is 1. The van der Waals surface area contributed by atoms with Gasteiger partial charge in [-0.1, -0.05) is 6.92 Å². The van der Waals surface area contributed by atoms with Gasteiger partial charge < -0.3 is 9.64 Å². The van der Waals surface area contributed by atoms with E-state index in [0.717, 1.165) is 44.8 Å². The lowest BCUT2D eigenvalue weighted by molar-refractivity contribution is -0.163. The molecule has 4 rings (SSSR count). The number of nitrogens with zero attached hydrogens (tertiary/aromatic N) is 4. The normalized spacial score (nSPS) is 25.8. The zero-order valence-corrected chi connectivity index (χ0v) is 15.9. The van der Waals surface area contributed by atoms with E-state index in [-0.39, 0.29) is 17.6 Å². The molecule has 2 unspecified atom stereocenters. The number of aromatic nitrogens is 2. The average molecular weight is 358 g/mol. The molecule has 3 fully saturated rings. The lowest BCUT2D eigenvalue weighted by Gasteiger charge is -2.48. The number of carbonyl (C=O) groups excluding carboxylic acids is 1. The molecular weight excluding hydrogens is 328 g/mol. The molecule has 142 valence electrons. The summed E-state index contributed by atoms with van der Waals surface area (Å²) in [5, 5.41) is 0. The van der Waals surface area contributed by atoms with Gasteiger partial charge in [-0.3, -0.25) is 9.69 Å². The van der Waals surface area contributed by atoms with Crippen LogP contribution in [0.3, 0.4) is 0 Å². The zero-order valence-electron chi connectivity index (χ0n) is 15.9. The first-order valence-electron chi connectivity index (χ1n) is 10.0. The summed E-state index contributed by atoms with van der Waals surface area (Å²) in [5.74, 6) is 2.02. The molecule has 2 aliphatic heterocycles. The van der Waals surface area contributed by atoms with Crippen LogP contribution in [0.25, 0.3) is 0 Å². The highest BCUT2D eigenvalue weighted by atomic mass is 16.5. The molecule has 1 aromatic rings.